The van der Waals surface area contributed by atoms with Gasteiger partial charge < -0.3 is 19.1 Å². The fourth-order valence-corrected chi connectivity index (χ4v) is 10.9. The van der Waals surface area contributed by atoms with Crippen molar-refractivity contribution in [2.45, 2.75) is 13.1 Å². The molecular weight excluding hydrogens is 979 g/mol. The lowest BCUT2D eigenvalue weighted by Crippen LogP contribution is -2.24. The Morgan fingerprint density at radius 3 is 1.55 bits per heavy atom. The van der Waals surface area contributed by atoms with Crippen LogP contribution in [-0.2, 0) is 13.1 Å². The average Bonchev–Trinajstić information content (AvgIpc) is 4.11. The van der Waals surface area contributed by atoms with Crippen molar-refractivity contribution in [2.75, 3.05) is 25.9 Å². The summed E-state index contributed by atoms with van der Waals surface area (Å²) < 4.78 is 6.43. The fourth-order valence-electron chi connectivity index (χ4n) is 9.91. The highest BCUT2D eigenvalue weighted by Crippen LogP contribution is 2.47. The molecule has 0 radical (unpaired) electrons. The molecule has 0 unspecified atom stereocenters. The zero-order valence-corrected chi connectivity index (χ0v) is 38.8. The van der Waals surface area contributed by atoms with Crippen LogP contribution in [-0.4, -0.2) is 78.4 Å². The molecule has 0 spiro atoms. The van der Waals surface area contributed by atoms with Gasteiger partial charge in [0.05, 0.1) is 44.3 Å². The minimum Gasteiger partial charge on any atom is -0.353 e. The highest BCUT2D eigenvalue weighted by atomic mass is 79.9. The third-order valence-electron chi connectivity index (χ3n) is 12.6. The SMILES string of the molecule is CN1C(=O)c2c(c3c4cc(Br)ccc4[nH]c3c3[nH]c4ccccc4c23)C1=O.CN1C(=O)c2c(c3c4cc(Br)ccc4n4c3c3c2c2ccccc2n3C/C=C\C4)C1=O.ClC/C=C\CCl. The van der Waals surface area contributed by atoms with Gasteiger partial charge in [0.2, 0.25) is 0 Å². The molecule has 0 saturated carbocycles. The Morgan fingerprint density at radius 1 is 0.531 bits per heavy atom. The first kappa shape index (κ1) is 40.6. The topological polar surface area (TPSA) is 116 Å². The van der Waals surface area contributed by atoms with E-state index in [0.717, 1.165) is 109 Å². The van der Waals surface area contributed by atoms with Crippen LogP contribution >= 0.6 is 55.1 Å². The van der Waals surface area contributed by atoms with E-state index >= 15 is 0 Å². The predicted octanol–water partition coefficient (Wildman–Crippen LogP) is 12.4. The molecule has 0 saturated heterocycles. The second-order valence-corrected chi connectivity index (χ2v) is 18.4. The minimum absolute atomic E-state index is 0.224. The van der Waals surface area contributed by atoms with Gasteiger partial charge in [-0.05, 0) is 48.5 Å². The average molecular weight is 1010 g/mol. The standard InChI is InChI=1S/C25H16BrN3O2.C21H12BrN3O2.C4H6Cl2/c1-27-24(30)20-18-14-6-2-3-7-16(14)28-10-4-5-11-29-17-9-8-13(26)12-15(17)19(21(20)25(27)31)23(29)22(18)28;1-25-20(26)16-14-10-4-2-3-5-12(10)23-18(14)19-15(17(16)21(25)27)11-8-9(22)6-7-13(11)24-19;5-3-1-2-4-6/h2-9,12H,10-11H2,1H3;2-8,23-24H,1H3;1-2H,3-4H2/b5-4-;;2-1-. The molecule has 4 amide bonds. The van der Waals surface area contributed by atoms with Crippen LogP contribution in [0.15, 0.2) is 118 Å². The van der Waals surface area contributed by atoms with Gasteiger partial charge >= 0.3 is 0 Å². The smallest absolute Gasteiger partial charge is 0.262 e. The number of carbonyl (C=O) groups excluding carboxylic acids is 4. The molecule has 3 aliphatic rings. The molecule has 14 heteroatoms. The monoisotopic (exact) mass is 1010 g/mol. The number of benzene rings is 6. The second kappa shape index (κ2) is 15.2. The lowest BCUT2D eigenvalue weighted by molar-refractivity contribution is 0.0679. The van der Waals surface area contributed by atoms with Crippen molar-refractivity contribution in [3.63, 3.8) is 0 Å². The maximum Gasteiger partial charge on any atom is 0.262 e. The van der Waals surface area contributed by atoms with Crippen LogP contribution in [0.25, 0.3) is 87.2 Å². The number of alkyl halides is 2. The summed E-state index contributed by atoms with van der Waals surface area (Å²) in [6.07, 6.45) is 7.98. The Hall–Kier alpha value is -6.18. The van der Waals surface area contributed by atoms with Gasteiger partial charge in [0.1, 0.15) is 0 Å². The van der Waals surface area contributed by atoms with Gasteiger partial charge in [0, 0.05) is 113 Å². The van der Waals surface area contributed by atoms with E-state index in [1.165, 1.54) is 9.80 Å². The van der Waals surface area contributed by atoms with E-state index in [2.05, 4.69) is 87.4 Å². The molecular formula is C50H34Br2Cl2N6O4. The molecule has 0 aliphatic carbocycles. The zero-order valence-electron chi connectivity index (χ0n) is 34.2. The van der Waals surface area contributed by atoms with Gasteiger partial charge in [-0.2, -0.15) is 0 Å². The zero-order chi connectivity index (χ0) is 44.3. The van der Waals surface area contributed by atoms with Gasteiger partial charge in [-0.3, -0.25) is 29.0 Å². The number of hydrogen-bond donors (Lipinski definition) is 2. The third-order valence-corrected chi connectivity index (χ3v) is 13.9. The van der Waals surface area contributed by atoms with Gasteiger partial charge in [0.15, 0.2) is 0 Å². The highest BCUT2D eigenvalue weighted by molar-refractivity contribution is 9.10. The Kier molecular flexibility index (Phi) is 9.66. The molecule has 7 heterocycles. The van der Waals surface area contributed by atoms with Gasteiger partial charge in [0.25, 0.3) is 23.6 Å². The summed E-state index contributed by atoms with van der Waals surface area (Å²) in [5.41, 5.74) is 9.81. The largest absolute Gasteiger partial charge is 0.353 e. The second-order valence-electron chi connectivity index (χ2n) is 15.9. The van der Waals surface area contributed by atoms with Crippen molar-refractivity contribution in [3.8, 4) is 0 Å². The lowest BCUT2D eigenvalue weighted by atomic mass is 9.96. The lowest BCUT2D eigenvalue weighted by Gasteiger charge is -2.13. The van der Waals surface area contributed by atoms with Crippen molar-refractivity contribution in [2.24, 2.45) is 0 Å². The van der Waals surface area contributed by atoms with E-state index in [4.69, 9.17) is 23.2 Å². The first-order chi connectivity index (χ1) is 31.0. The number of allylic oxidation sites excluding steroid dienone is 4. The number of nitrogens with zero attached hydrogens (tertiary/aromatic N) is 4. The highest BCUT2D eigenvalue weighted by Gasteiger charge is 2.41. The number of aromatic amines is 2. The molecule has 2 N–H and O–H groups in total. The Balaban J connectivity index is 0.000000128. The van der Waals surface area contributed by atoms with E-state index in [1.807, 2.05) is 72.8 Å². The molecule has 4 aromatic heterocycles. The molecule has 3 aliphatic heterocycles. The predicted molar refractivity (Wildman–Crippen MR) is 266 cm³/mol. The first-order valence-electron chi connectivity index (χ1n) is 20.5. The number of hydrogen-bond acceptors (Lipinski definition) is 4. The summed E-state index contributed by atoms with van der Waals surface area (Å²) in [5, 5.41) is 7.24. The van der Waals surface area contributed by atoms with E-state index in [1.54, 1.807) is 14.1 Å². The molecule has 0 bridgehead atoms. The maximum atomic E-state index is 13.4. The van der Waals surface area contributed by atoms with Crippen LogP contribution in [0.4, 0.5) is 0 Å². The molecule has 64 heavy (non-hydrogen) atoms. The van der Waals surface area contributed by atoms with Crippen molar-refractivity contribution in [1.29, 1.82) is 0 Å². The molecule has 0 fully saturated rings. The van der Waals surface area contributed by atoms with Crippen LogP contribution in [0, 0.1) is 0 Å². The molecule has 316 valence electrons. The number of rotatable bonds is 2. The van der Waals surface area contributed by atoms with Crippen molar-refractivity contribution in [3.05, 3.63) is 140 Å². The number of halogens is 4. The number of carbonyl (C=O) groups is 4. The van der Waals surface area contributed by atoms with Crippen molar-refractivity contribution in [1.82, 2.24) is 28.9 Å². The summed E-state index contributed by atoms with van der Waals surface area (Å²) in [6, 6.07) is 28.1. The van der Waals surface area contributed by atoms with Crippen LogP contribution in [0.2, 0.25) is 0 Å². The number of amides is 4. The Labute approximate surface area is 390 Å². The number of H-pyrrole nitrogens is 2. The van der Waals surface area contributed by atoms with Crippen LogP contribution < -0.4 is 0 Å². The molecule has 10 aromatic rings. The molecule has 10 nitrogen and oxygen atoms in total. The van der Waals surface area contributed by atoms with Crippen molar-refractivity contribution >= 4 is 166 Å². The Morgan fingerprint density at radius 2 is 0.969 bits per heavy atom. The fraction of sp³-hybridized carbons (Fsp3) is 0.120. The minimum atomic E-state index is -0.256. The van der Waals surface area contributed by atoms with Crippen LogP contribution in [0.5, 0.6) is 0 Å². The summed E-state index contributed by atoms with van der Waals surface area (Å²) in [5.74, 6) is 0.164. The molecule has 0 atom stereocenters. The van der Waals surface area contributed by atoms with E-state index in [0.29, 0.717) is 34.0 Å². The summed E-state index contributed by atoms with van der Waals surface area (Å²) in [6.45, 7) is 1.44. The molecule has 6 aromatic carbocycles. The van der Waals surface area contributed by atoms with Gasteiger partial charge in [-0.15, -0.1) is 23.2 Å². The van der Waals surface area contributed by atoms with E-state index in [9.17, 15) is 19.2 Å². The molecule has 13 rings (SSSR count). The number of para-hydroxylation sites is 2. The van der Waals surface area contributed by atoms with Gasteiger partial charge in [-0.25, -0.2) is 0 Å². The number of imide groups is 2. The van der Waals surface area contributed by atoms with Crippen LogP contribution in [0.3, 0.4) is 0 Å². The normalized spacial score (nSPS) is 15.2. The van der Waals surface area contributed by atoms with Crippen LogP contribution in [0.1, 0.15) is 41.4 Å². The summed E-state index contributed by atoms with van der Waals surface area (Å²) >= 11 is 17.6. The van der Waals surface area contributed by atoms with Gasteiger partial charge in [-0.1, -0.05) is 92.6 Å². The number of aromatic nitrogens is 4. The van der Waals surface area contributed by atoms with Crippen molar-refractivity contribution < 1.29 is 19.2 Å². The quantitative estimate of drug-likeness (QED) is 0.102. The summed E-state index contributed by atoms with van der Waals surface area (Å²) in [7, 11) is 3.12. The summed E-state index contributed by atoms with van der Waals surface area (Å²) in [4.78, 5) is 62.1. The Bertz CT molecular complexity index is 3810. The van der Waals surface area contributed by atoms with E-state index < -0.39 is 0 Å². The maximum absolute atomic E-state index is 13.4. The number of nitrogens with one attached hydrogen (secondary N) is 2. The first-order valence-corrected chi connectivity index (χ1v) is 23.1. The number of fused-ring (bicyclic) bond motifs is 19. The third kappa shape index (κ3) is 5.68. The van der Waals surface area contributed by atoms with E-state index in [-0.39, 0.29) is 23.6 Å².